The lowest BCUT2D eigenvalue weighted by Gasteiger charge is -2.31. The zero-order valence-corrected chi connectivity index (χ0v) is 26.6. The monoisotopic (exact) mass is 628 g/mol. The number of rotatable bonds is 9. The van der Waals surface area contributed by atoms with Crippen LogP contribution in [-0.2, 0) is 9.47 Å². The molecule has 1 fully saturated rings. The van der Waals surface area contributed by atoms with Crippen LogP contribution in [0.2, 0.25) is 0 Å². The molecule has 10 nitrogen and oxygen atoms in total. The lowest BCUT2D eigenvalue weighted by molar-refractivity contribution is -0.0297. The van der Waals surface area contributed by atoms with Crippen LogP contribution in [0, 0.1) is 13.8 Å². The lowest BCUT2D eigenvalue weighted by atomic mass is 10.00. The molecule has 1 unspecified atom stereocenters. The van der Waals surface area contributed by atoms with Crippen LogP contribution < -0.4 is 9.46 Å². The average molecular weight is 629 g/mol. The van der Waals surface area contributed by atoms with Gasteiger partial charge in [0.15, 0.2) is 6.23 Å². The Morgan fingerprint density at radius 2 is 1.71 bits per heavy atom. The van der Waals surface area contributed by atoms with Crippen LogP contribution >= 0.6 is 11.9 Å². The molecule has 5 rings (SSSR count). The van der Waals surface area contributed by atoms with Crippen LogP contribution in [0.5, 0.6) is 5.88 Å². The molecule has 11 heteroatoms. The second-order valence-corrected chi connectivity index (χ2v) is 12.5. The molecule has 0 radical (unpaired) electrons. The van der Waals surface area contributed by atoms with Gasteiger partial charge in [-0.15, -0.1) is 0 Å². The molecular formula is C34H36N4O6S. The molecule has 2 heterocycles. The summed E-state index contributed by atoms with van der Waals surface area (Å²) in [5, 5.41) is 9.37. The highest BCUT2D eigenvalue weighted by atomic mass is 32.2. The maximum absolute atomic E-state index is 13.4. The maximum atomic E-state index is 13.4. The Labute approximate surface area is 266 Å². The quantitative estimate of drug-likeness (QED) is 0.183. The van der Waals surface area contributed by atoms with Crippen LogP contribution in [0.3, 0.4) is 0 Å². The number of benzene rings is 3. The van der Waals surface area contributed by atoms with E-state index in [1.54, 1.807) is 29.2 Å². The van der Waals surface area contributed by atoms with Crippen molar-refractivity contribution >= 4 is 30.0 Å². The molecule has 1 aliphatic rings. The smallest absolute Gasteiger partial charge is 0.413 e. The molecule has 2 atom stereocenters. The predicted molar refractivity (Wildman–Crippen MR) is 172 cm³/mol. The molecule has 1 aliphatic heterocycles. The van der Waals surface area contributed by atoms with Crippen molar-refractivity contribution in [2.45, 2.75) is 57.4 Å². The Bertz CT molecular complexity index is 1660. The topological polar surface area (TPSA) is 123 Å². The van der Waals surface area contributed by atoms with Crippen molar-refractivity contribution in [1.29, 1.82) is 0 Å². The van der Waals surface area contributed by atoms with Crippen molar-refractivity contribution < 1.29 is 28.9 Å². The van der Waals surface area contributed by atoms with Gasteiger partial charge in [0.1, 0.15) is 12.2 Å². The molecule has 1 saturated heterocycles. The first kappa shape index (κ1) is 31.8. The summed E-state index contributed by atoms with van der Waals surface area (Å²) in [4.78, 5) is 36.5. The standard InChI is InChI=1S/C34H36N4O6S/c1-21-11-9-12-22(2)30(21)26-18-28(36-32(35-26)37-45-25-16-10-15-24(17-25)31(39)40)42-20-29-38(33(41)44-34(3,4)5)27(19-43-29)23-13-7-6-8-14-23/h6-18,27,29H,19-20H2,1-5H3,(H,39,40)(H,35,36,37)/t27-,29?/m1/s1. The summed E-state index contributed by atoms with van der Waals surface area (Å²) in [6.07, 6.45) is -1.23. The highest BCUT2D eigenvalue weighted by molar-refractivity contribution is 8.00. The van der Waals surface area contributed by atoms with Crippen molar-refractivity contribution in [2.24, 2.45) is 0 Å². The second kappa shape index (κ2) is 13.6. The number of hydrogen-bond acceptors (Lipinski definition) is 9. The molecule has 1 amide bonds. The summed E-state index contributed by atoms with van der Waals surface area (Å²) in [6, 6.07) is 23.7. The molecule has 0 spiro atoms. The largest absolute Gasteiger partial charge is 0.478 e. The van der Waals surface area contributed by atoms with Crippen molar-refractivity contribution in [3.05, 3.63) is 101 Å². The van der Waals surface area contributed by atoms with Crippen LogP contribution in [0.1, 0.15) is 53.9 Å². The zero-order chi connectivity index (χ0) is 32.1. The van der Waals surface area contributed by atoms with E-state index in [2.05, 4.69) is 9.71 Å². The summed E-state index contributed by atoms with van der Waals surface area (Å²) in [6.45, 7) is 9.78. The van der Waals surface area contributed by atoms with Crippen molar-refractivity contribution in [3.8, 4) is 17.1 Å². The normalized spacial score (nSPS) is 16.3. The van der Waals surface area contributed by atoms with Gasteiger partial charge in [-0.3, -0.25) is 9.62 Å². The molecule has 2 N–H and O–H groups in total. The number of hydrogen-bond donors (Lipinski definition) is 2. The second-order valence-electron chi connectivity index (χ2n) is 11.6. The van der Waals surface area contributed by atoms with Gasteiger partial charge >= 0.3 is 12.1 Å². The Balaban J connectivity index is 1.42. The van der Waals surface area contributed by atoms with Crippen LogP contribution in [0.15, 0.2) is 83.8 Å². The molecule has 0 aliphatic carbocycles. The summed E-state index contributed by atoms with van der Waals surface area (Å²) < 4.78 is 21.2. The van der Waals surface area contributed by atoms with Gasteiger partial charge in [0.2, 0.25) is 11.8 Å². The maximum Gasteiger partial charge on any atom is 0.413 e. The lowest BCUT2D eigenvalue weighted by Crippen LogP contribution is -2.44. The number of carbonyl (C=O) groups excluding carboxylic acids is 1. The number of aromatic carboxylic acids is 1. The van der Waals surface area contributed by atoms with Crippen LogP contribution in [0.25, 0.3) is 11.3 Å². The van der Waals surface area contributed by atoms with E-state index < -0.39 is 23.9 Å². The van der Waals surface area contributed by atoms with E-state index in [0.29, 0.717) is 10.6 Å². The number of ether oxygens (including phenoxy) is 3. The van der Waals surface area contributed by atoms with Gasteiger partial charge in [0.25, 0.3) is 0 Å². The number of anilines is 1. The molecule has 0 bridgehead atoms. The predicted octanol–water partition coefficient (Wildman–Crippen LogP) is 7.29. The van der Waals surface area contributed by atoms with E-state index in [9.17, 15) is 14.7 Å². The van der Waals surface area contributed by atoms with Crippen molar-refractivity contribution in [2.75, 3.05) is 17.9 Å². The average Bonchev–Trinajstić information content (AvgIpc) is 3.43. The molecule has 0 saturated carbocycles. The third-order valence-corrected chi connectivity index (χ3v) is 7.81. The molecule has 1 aromatic heterocycles. The van der Waals surface area contributed by atoms with Gasteiger partial charge in [-0.2, -0.15) is 4.98 Å². The van der Waals surface area contributed by atoms with E-state index in [0.717, 1.165) is 22.3 Å². The zero-order valence-electron chi connectivity index (χ0n) is 25.8. The summed E-state index contributed by atoms with van der Waals surface area (Å²) >= 11 is 1.19. The van der Waals surface area contributed by atoms with Gasteiger partial charge in [0.05, 0.1) is 23.9 Å². The van der Waals surface area contributed by atoms with E-state index in [4.69, 9.17) is 19.2 Å². The minimum absolute atomic E-state index is 0.000969. The van der Waals surface area contributed by atoms with Crippen molar-refractivity contribution in [1.82, 2.24) is 14.9 Å². The van der Waals surface area contributed by atoms with E-state index in [-0.39, 0.29) is 36.6 Å². The summed E-state index contributed by atoms with van der Waals surface area (Å²) in [7, 11) is 0. The number of carbonyl (C=O) groups is 2. The highest BCUT2D eigenvalue weighted by Gasteiger charge is 2.41. The van der Waals surface area contributed by atoms with Crippen molar-refractivity contribution in [3.63, 3.8) is 0 Å². The number of aryl methyl sites for hydroxylation is 2. The van der Waals surface area contributed by atoms with Gasteiger partial charge < -0.3 is 19.3 Å². The fourth-order valence-corrected chi connectivity index (χ4v) is 5.66. The van der Waals surface area contributed by atoms with Gasteiger partial charge in [-0.05, 0) is 81.5 Å². The molecular weight excluding hydrogens is 592 g/mol. The summed E-state index contributed by atoms with van der Waals surface area (Å²) in [5.41, 5.74) is 4.08. The number of aromatic nitrogens is 2. The Hall–Kier alpha value is -4.61. The number of nitrogens with zero attached hydrogens (tertiary/aromatic N) is 3. The number of carboxylic acid groups (broad SMARTS) is 1. The third-order valence-electron chi connectivity index (χ3n) is 7.04. The highest BCUT2D eigenvalue weighted by Crippen LogP contribution is 2.34. The summed E-state index contributed by atoms with van der Waals surface area (Å²) in [5.74, 6) is -0.458. The number of nitrogens with one attached hydrogen (secondary N) is 1. The van der Waals surface area contributed by atoms with Crippen LogP contribution in [-0.4, -0.2) is 57.1 Å². The Morgan fingerprint density at radius 1 is 1.00 bits per heavy atom. The van der Waals surface area contributed by atoms with Crippen LogP contribution in [0.4, 0.5) is 10.7 Å². The number of amides is 1. The Morgan fingerprint density at radius 3 is 2.40 bits per heavy atom. The first-order valence-corrected chi connectivity index (χ1v) is 15.3. The third kappa shape index (κ3) is 7.92. The molecule has 234 valence electrons. The SMILES string of the molecule is Cc1cccc(C)c1-c1cc(OCC2OC[C@H](c3ccccc3)N2C(=O)OC(C)(C)C)nc(NSc2cccc(C(=O)O)c2)n1. The molecule has 3 aromatic carbocycles. The molecule has 4 aromatic rings. The minimum Gasteiger partial charge on any atom is -0.478 e. The van der Waals surface area contributed by atoms with Gasteiger partial charge in [-0.1, -0.05) is 54.6 Å². The van der Waals surface area contributed by atoms with E-state index in [1.165, 1.54) is 18.0 Å². The van der Waals surface area contributed by atoms with Gasteiger partial charge in [-0.25, -0.2) is 14.6 Å². The van der Waals surface area contributed by atoms with Gasteiger partial charge in [0, 0.05) is 16.5 Å². The fourth-order valence-electron chi connectivity index (χ4n) is 5.03. The van der Waals surface area contributed by atoms with E-state index >= 15 is 0 Å². The minimum atomic E-state index is -1.01. The Kier molecular flexibility index (Phi) is 9.60. The first-order chi connectivity index (χ1) is 21.5. The fraction of sp³-hybridized carbons (Fsp3) is 0.294. The molecule has 45 heavy (non-hydrogen) atoms. The first-order valence-electron chi connectivity index (χ1n) is 14.5. The van der Waals surface area contributed by atoms with E-state index in [1.807, 2.05) is 83.1 Å². The number of carboxylic acids is 1.